The van der Waals surface area contributed by atoms with Crippen molar-refractivity contribution in [3.63, 3.8) is 0 Å². The minimum Gasteiger partial charge on any atom is -0.395 e. The molecule has 0 radical (unpaired) electrons. The van der Waals surface area contributed by atoms with Crippen molar-refractivity contribution in [3.8, 4) is 0 Å². The molecule has 3 N–H and O–H groups in total. The Morgan fingerprint density at radius 1 is 1.45 bits per heavy atom. The number of thiocarbonyl (C=S) groups is 1. The maximum absolute atomic E-state index is 12.7. The first kappa shape index (κ1) is 15.4. The van der Waals surface area contributed by atoms with Gasteiger partial charge in [-0.25, -0.2) is 8.42 Å². The van der Waals surface area contributed by atoms with Crippen LogP contribution >= 0.6 is 12.2 Å². The van der Waals surface area contributed by atoms with Gasteiger partial charge in [-0.1, -0.05) is 30.8 Å². The zero-order valence-corrected chi connectivity index (χ0v) is 12.7. The lowest BCUT2D eigenvalue weighted by molar-refractivity contribution is 0.155. The van der Waals surface area contributed by atoms with Gasteiger partial charge in [-0.3, -0.25) is 0 Å². The van der Waals surface area contributed by atoms with Gasteiger partial charge in [0, 0.05) is 18.2 Å². The Hall–Kier alpha value is -1.02. The second-order valence-corrected chi connectivity index (χ2v) is 7.17. The van der Waals surface area contributed by atoms with Crippen molar-refractivity contribution in [2.75, 3.05) is 13.2 Å². The van der Waals surface area contributed by atoms with Gasteiger partial charge in [0.25, 0.3) is 0 Å². The first-order valence-electron chi connectivity index (χ1n) is 6.49. The Kier molecular flexibility index (Phi) is 4.74. The topological polar surface area (TPSA) is 83.6 Å². The summed E-state index contributed by atoms with van der Waals surface area (Å²) in [5.74, 6) is 0. The first-order chi connectivity index (χ1) is 9.46. The van der Waals surface area contributed by atoms with E-state index in [0.29, 0.717) is 18.5 Å². The van der Waals surface area contributed by atoms with E-state index in [1.54, 1.807) is 12.1 Å². The Morgan fingerprint density at radius 2 is 2.20 bits per heavy atom. The molecule has 0 aromatic heterocycles. The molecule has 1 aliphatic heterocycles. The summed E-state index contributed by atoms with van der Waals surface area (Å²) < 4.78 is 26.7. The van der Waals surface area contributed by atoms with Crippen LogP contribution in [0.15, 0.2) is 29.2 Å². The van der Waals surface area contributed by atoms with E-state index in [0.717, 1.165) is 12.8 Å². The van der Waals surface area contributed by atoms with E-state index in [4.69, 9.17) is 18.0 Å². The number of nitrogens with two attached hydrogens (primary N) is 1. The standard InChI is InChI=1S/C13H18N2O3S2/c14-13(19)10-4-3-6-12(8-10)20(17,18)15-7-2-1-5-11(15)9-16/h3-4,6,8,11,16H,1-2,5,7,9H2,(H2,14,19). The highest BCUT2D eigenvalue weighted by atomic mass is 32.2. The summed E-state index contributed by atoms with van der Waals surface area (Å²) >= 11 is 4.88. The molecule has 1 aliphatic rings. The molecule has 5 nitrogen and oxygen atoms in total. The maximum atomic E-state index is 12.7. The van der Waals surface area contributed by atoms with E-state index < -0.39 is 10.0 Å². The van der Waals surface area contributed by atoms with Crippen molar-refractivity contribution in [2.45, 2.75) is 30.2 Å². The van der Waals surface area contributed by atoms with Gasteiger partial charge in [-0.2, -0.15) is 4.31 Å². The predicted octanol–water partition coefficient (Wildman–Crippen LogP) is 0.856. The van der Waals surface area contributed by atoms with Gasteiger partial charge in [0.05, 0.1) is 11.5 Å². The van der Waals surface area contributed by atoms with Gasteiger partial charge in [-0.15, -0.1) is 0 Å². The quantitative estimate of drug-likeness (QED) is 0.805. The van der Waals surface area contributed by atoms with Crippen LogP contribution in [-0.4, -0.2) is 42.0 Å². The number of aliphatic hydroxyl groups is 1. The van der Waals surface area contributed by atoms with E-state index >= 15 is 0 Å². The van der Waals surface area contributed by atoms with Crippen molar-refractivity contribution in [1.82, 2.24) is 4.31 Å². The van der Waals surface area contributed by atoms with E-state index in [1.807, 2.05) is 0 Å². The van der Waals surface area contributed by atoms with Gasteiger partial charge in [-0.05, 0) is 25.0 Å². The molecule has 0 bridgehead atoms. The van der Waals surface area contributed by atoms with Crippen molar-refractivity contribution in [3.05, 3.63) is 29.8 Å². The summed E-state index contributed by atoms with van der Waals surface area (Å²) in [5.41, 5.74) is 6.07. The molecule has 0 aliphatic carbocycles. The average Bonchev–Trinajstić information content (AvgIpc) is 2.47. The Labute approximate surface area is 124 Å². The third-order valence-electron chi connectivity index (χ3n) is 3.51. The summed E-state index contributed by atoms with van der Waals surface area (Å²) in [5, 5.41) is 9.37. The summed E-state index contributed by atoms with van der Waals surface area (Å²) in [6.45, 7) is 0.277. The summed E-state index contributed by atoms with van der Waals surface area (Å²) in [7, 11) is -3.62. The smallest absolute Gasteiger partial charge is 0.243 e. The molecule has 110 valence electrons. The maximum Gasteiger partial charge on any atom is 0.243 e. The zero-order valence-electron chi connectivity index (χ0n) is 11.0. The Morgan fingerprint density at radius 3 is 2.85 bits per heavy atom. The number of piperidine rings is 1. The number of hydrogen-bond acceptors (Lipinski definition) is 4. The predicted molar refractivity (Wildman–Crippen MR) is 80.9 cm³/mol. The van der Waals surface area contributed by atoms with Crippen LogP contribution in [-0.2, 0) is 10.0 Å². The number of hydrogen-bond donors (Lipinski definition) is 2. The van der Waals surface area contributed by atoms with Gasteiger partial charge in [0.2, 0.25) is 10.0 Å². The largest absolute Gasteiger partial charge is 0.395 e. The molecule has 0 saturated carbocycles. The van der Waals surface area contributed by atoms with Crippen molar-refractivity contribution < 1.29 is 13.5 Å². The van der Waals surface area contributed by atoms with Crippen LogP contribution < -0.4 is 5.73 Å². The Bertz CT molecular complexity index is 601. The average molecular weight is 314 g/mol. The number of sulfonamides is 1. The van der Waals surface area contributed by atoms with E-state index in [2.05, 4.69) is 0 Å². The summed E-state index contributed by atoms with van der Waals surface area (Å²) in [4.78, 5) is 0.336. The van der Waals surface area contributed by atoms with Crippen molar-refractivity contribution >= 4 is 27.2 Å². The van der Waals surface area contributed by atoms with Gasteiger partial charge in [0.15, 0.2) is 0 Å². The van der Waals surface area contributed by atoms with Crippen LogP contribution in [0.3, 0.4) is 0 Å². The van der Waals surface area contributed by atoms with Crippen LogP contribution in [0.5, 0.6) is 0 Å². The lowest BCUT2D eigenvalue weighted by Crippen LogP contribution is -2.45. The molecule has 0 spiro atoms. The zero-order chi connectivity index (χ0) is 14.8. The van der Waals surface area contributed by atoms with Crippen LogP contribution in [0.1, 0.15) is 24.8 Å². The molecule has 1 fully saturated rings. The summed E-state index contributed by atoms with van der Waals surface area (Å²) in [6.07, 6.45) is 2.43. The molecule has 2 rings (SSSR count). The number of aliphatic hydroxyl groups excluding tert-OH is 1. The molecule has 7 heteroatoms. The highest BCUT2D eigenvalue weighted by molar-refractivity contribution is 7.89. The SMILES string of the molecule is NC(=S)c1cccc(S(=O)(=O)N2CCCCC2CO)c1. The molecule has 1 unspecified atom stereocenters. The molecule has 20 heavy (non-hydrogen) atoms. The minimum atomic E-state index is -3.62. The second-order valence-electron chi connectivity index (χ2n) is 4.84. The summed E-state index contributed by atoms with van der Waals surface area (Å²) in [6, 6.07) is 5.98. The first-order valence-corrected chi connectivity index (χ1v) is 8.34. The fourth-order valence-electron chi connectivity index (χ4n) is 2.42. The second kappa shape index (κ2) is 6.17. The molecule has 1 saturated heterocycles. The molecule has 1 aromatic rings. The molecule has 1 atom stereocenters. The third kappa shape index (κ3) is 3.01. The van der Waals surface area contributed by atoms with Crippen LogP contribution in [0.25, 0.3) is 0 Å². The minimum absolute atomic E-state index is 0.159. The van der Waals surface area contributed by atoms with Gasteiger partial charge >= 0.3 is 0 Å². The fourth-order valence-corrected chi connectivity index (χ4v) is 4.28. The lowest BCUT2D eigenvalue weighted by Gasteiger charge is -2.33. The highest BCUT2D eigenvalue weighted by Crippen LogP contribution is 2.25. The third-order valence-corrected chi connectivity index (χ3v) is 5.69. The highest BCUT2D eigenvalue weighted by Gasteiger charge is 2.33. The van der Waals surface area contributed by atoms with E-state index in [-0.39, 0.29) is 22.5 Å². The van der Waals surface area contributed by atoms with Crippen molar-refractivity contribution in [2.24, 2.45) is 5.73 Å². The van der Waals surface area contributed by atoms with Gasteiger partial charge < -0.3 is 10.8 Å². The molecule has 1 aromatic carbocycles. The van der Waals surface area contributed by atoms with Crippen LogP contribution in [0.2, 0.25) is 0 Å². The Balaban J connectivity index is 2.38. The van der Waals surface area contributed by atoms with Crippen LogP contribution in [0.4, 0.5) is 0 Å². The van der Waals surface area contributed by atoms with E-state index in [1.165, 1.54) is 16.4 Å². The van der Waals surface area contributed by atoms with E-state index in [9.17, 15) is 13.5 Å². The molecule has 1 heterocycles. The van der Waals surface area contributed by atoms with Crippen molar-refractivity contribution in [1.29, 1.82) is 0 Å². The number of rotatable bonds is 4. The van der Waals surface area contributed by atoms with Crippen LogP contribution in [0, 0.1) is 0 Å². The molecule has 0 amide bonds. The number of benzene rings is 1. The monoisotopic (exact) mass is 314 g/mol. The normalized spacial score (nSPS) is 20.8. The number of nitrogens with zero attached hydrogens (tertiary/aromatic N) is 1. The molecular weight excluding hydrogens is 296 g/mol. The van der Waals surface area contributed by atoms with Gasteiger partial charge in [0.1, 0.15) is 4.99 Å². The fraction of sp³-hybridized carbons (Fsp3) is 0.462. The molecular formula is C13H18N2O3S2. The lowest BCUT2D eigenvalue weighted by atomic mass is 10.1.